The summed E-state index contributed by atoms with van der Waals surface area (Å²) in [6, 6.07) is 10.7. The number of carbonyl (C=O) groups excluding carboxylic acids is 1. The number of thioether (sulfide) groups is 1. The Morgan fingerprint density at radius 3 is 2.76 bits per heavy atom. The van der Waals surface area contributed by atoms with Gasteiger partial charge in [0.2, 0.25) is 5.91 Å². The largest absolute Gasteiger partial charge is 0.385 e. The molecule has 1 unspecified atom stereocenters. The summed E-state index contributed by atoms with van der Waals surface area (Å²) >= 11 is 1.74. The number of amides is 1. The van der Waals surface area contributed by atoms with E-state index in [1.54, 1.807) is 36.6 Å². The molecule has 1 aliphatic heterocycles. The number of piperidine rings is 1. The van der Waals surface area contributed by atoms with Crippen molar-refractivity contribution in [1.29, 1.82) is 0 Å². The molecule has 0 radical (unpaired) electrons. The number of hydrogen-bond donors (Lipinski definition) is 1. The van der Waals surface area contributed by atoms with Gasteiger partial charge in [-0.1, -0.05) is 12.1 Å². The van der Waals surface area contributed by atoms with Gasteiger partial charge in [-0.05, 0) is 79.6 Å². The summed E-state index contributed by atoms with van der Waals surface area (Å²) in [6.45, 7) is 2.93. The molecule has 2 heterocycles. The number of ether oxygens (including phenoxy) is 1. The van der Waals surface area contributed by atoms with Crippen LogP contribution in [-0.2, 0) is 29.5 Å². The zero-order valence-corrected chi connectivity index (χ0v) is 21.4. The summed E-state index contributed by atoms with van der Waals surface area (Å²) in [4.78, 5) is 29.6. The molecule has 1 amide bonds. The summed E-state index contributed by atoms with van der Waals surface area (Å²) in [6.07, 6.45) is 8.90. The average Bonchev–Trinajstić information content (AvgIpc) is 3.69. The fourth-order valence-corrected chi connectivity index (χ4v) is 5.60. The van der Waals surface area contributed by atoms with Crippen molar-refractivity contribution in [1.82, 2.24) is 14.8 Å². The predicted molar refractivity (Wildman–Crippen MR) is 137 cm³/mol. The number of rotatable bonds is 10. The van der Waals surface area contributed by atoms with E-state index in [4.69, 9.17) is 4.74 Å². The van der Waals surface area contributed by atoms with E-state index in [0.717, 1.165) is 50.8 Å². The van der Waals surface area contributed by atoms with E-state index in [9.17, 15) is 9.59 Å². The molecule has 2 atom stereocenters. The van der Waals surface area contributed by atoms with Crippen molar-refractivity contribution in [3.05, 3.63) is 63.6 Å². The minimum absolute atomic E-state index is 0.0174. The minimum Gasteiger partial charge on any atom is -0.385 e. The van der Waals surface area contributed by atoms with Gasteiger partial charge in [0.05, 0.1) is 5.92 Å². The maximum atomic E-state index is 14.0. The number of benzene rings is 1. The van der Waals surface area contributed by atoms with Crippen molar-refractivity contribution in [2.24, 2.45) is 13.0 Å². The molecule has 34 heavy (non-hydrogen) atoms. The lowest BCUT2D eigenvalue weighted by atomic mass is 9.80. The highest BCUT2D eigenvalue weighted by atomic mass is 32.2. The van der Waals surface area contributed by atoms with Gasteiger partial charge in [-0.2, -0.15) is 0 Å². The van der Waals surface area contributed by atoms with Crippen LogP contribution in [0.3, 0.4) is 0 Å². The number of methoxy groups -OCH3 is 1. The summed E-state index contributed by atoms with van der Waals surface area (Å²) < 4.78 is 6.80. The van der Waals surface area contributed by atoms with Gasteiger partial charge in [0, 0.05) is 57.1 Å². The number of aryl methyl sites for hydroxylation is 2. The molecular formula is C27H37N3O3S. The number of carbonyl (C=O) groups is 1. The molecule has 1 saturated heterocycles. The molecule has 1 saturated carbocycles. The molecule has 7 heteroatoms. The Hall–Kier alpha value is -2.09. The second-order valence-electron chi connectivity index (χ2n) is 9.55. The molecule has 184 valence electrons. The Labute approximate surface area is 207 Å². The third-order valence-electron chi connectivity index (χ3n) is 7.13. The standard InChI is InChI=1S/C27H37N3O3S/c1-29-13-11-20(16-26(29)31)23-10-12-28-17-24(23)27(32)30(22-7-8-22)18-21-15-19(5-4-14-33-2)6-9-25(21)34-3/h6,9,11,13,15-16,22-24,28H,4-5,7-8,10,12,14,17-18H2,1-3H3/t23-,24?/m1/s1. The lowest BCUT2D eigenvalue weighted by Crippen LogP contribution is -2.47. The van der Waals surface area contributed by atoms with Crippen molar-refractivity contribution in [3.8, 4) is 0 Å². The fraction of sp³-hybridized carbons (Fsp3) is 0.556. The molecule has 0 bridgehead atoms. The van der Waals surface area contributed by atoms with E-state index >= 15 is 0 Å². The van der Waals surface area contributed by atoms with Crippen molar-refractivity contribution < 1.29 is 9.53 Å². The molecule has 2 fully saturated rings. The van der Waals surface area contributed by atoms with Gasteiger partial charge in [0.1, 0.15) is 0 Å². The lowest BCUT2D eigenvalue weighted by molar-refractivity contribution is -0.138. The fourth-order valence-electron chi connectivity index (χ4n) is 5.01. The van der Waals surface area contributed by atoms with Gasteiger partial charge >= 0.3 is 0 Å². The molecule has 4 rings (SSSR count). The summed E-state index contributed by atoms with van der Waals surface area (Å²) in [5.74, 6) is 0.144. The monoisotopic (exact) mass is 483 g/mol. The van der Waals surface area contributed by atoms with Crippen LogP contribution in [0.5, 0.6) is 0 Å². The van der Waals surface area contributed by atoms with Gasteiger partial charge in [-0.25, -0.2) is 0 Å². The quantitative estimate of drug-likeness (QED) is 0.414. The smallest absolute Gasteiger partial charge is 0.250 e. The first kappa shape index (κ1) is 25.0. The van der Waals surface area contributed by atoms with E-state index in [2.05, 4.69) is 34.7 Å². The van der Waals surface area contributed by atoms with Crippen LogP contribution in [0, 0.1) is 5.92 Å². The zero-order chi connectivity index (χ0) is 24.1. The Kier molecular flexibility index (Phi) is 8.51. The van der Waals surface area contributed by atoms with Crippen molar-refractivity contribution in [2.75, 3.05) is 33.1 Å². The molecular weight excluding hydrogens is 446 g/mol. The molecule has 1 aromatic carbocycles. The maximum absolute atomic E-state index is 14.0. The summed E-state index contributed by atoms with van der Waals surface area (Å²) in [5, 5.41) is 3.43. The SMILES string of the molecule is COCCCc1ccc(SC)c(CN(C(=O)C2CNCC[C@@H]2c2ccn(C)c(=O)c2)C2CC2)c1. The second-order valence-corrected chi connectivity index (χ2v) is 10.4. The molecule has 0 spiro atoms. The number of hydrogen-bond acceptors (Lipinski definition) is 5. The lowest BCUT2D eigenvalue weighted by Gasteiger charge is -2.36. The summed E-state index contributed by atoms with van der Waals surface area (Å²) in [7, 11) is 3.50. The Morgan fingerprint density at radius 1 is 1.24 bits per heavy atom. The minimum atomic E-state index is -0.149. The Morgan fingerprint density at radius 2 is 2.06 bits per heavy atom. The van der Waals surface area contributed by atoms with Gasteiger partial charge in [0.25, 0.3) is 5.56 Å². The van der Waals surface area contributed by atoms with Crippen LogP contribution >= 0.6 is 11.8 Å². The topological polar surface area (TPSA) is 63.6 Å². The van der Waals surface area contributed by atoms with Crippen LogP contribution in [0.2, 0.25) is 0 Å². The molecule has 6 nitrogen and oxygen atoms in total. The normalized spacial score (nSPS) is 20.3. The average molecular weight is 484 g/mol. The Bertz CT molecular complexity index is 1050. The maximum Gasteiger partial charge on any atom is 0.250 e. The third kappa shape index (κ3) is 5.93. The van der Waals surface area contributed by atoms with Crippen LogP contribution in [0.1, 0.15) is 48.3 Å². The predicted octanol–water partition coefficient (Wildman–Crippen LogP) is 3.57. The van der Waals surface area contributed by atoms with Crippen molar-refractivity contribution in [3.63, 3.8) is 0 Å². The highest BCUT2D eigenvalue weighted by molar-refractivity contribution is 7.98. The first-order valence-electron chi connectivity index (χ1n) is 12.3. The number of aromatic nitrogens is 1. The molecule has 2 aromatic rings. The number of nitrogens with one attached hydrogen (secondary N) is 1. The zero-order valence-electron chi connectivity index (χ0n) is 20.6. The van der Waals surface area contributed by atoms with E-state index in [1.165, 1.54) is 16.0 Å². The number of nitrogens with zero attached hydrogens (tertiary/aromatic N) is 2. The van der Waals surface area contributed by atoms with Gasteiger partial charge in [-0.15, -0.1) is 11.8 Å². The van der Waals surface area contributed by atoms with E-state index in [0.29, 0.717) is 19.1 Å². The van der Waals surface area contributed by atoms with Gasteiger partial charge < -0.3 is 19.5 Å². The van der Waals surface area contributed by atoms with E-state index in [1.807, 2.05) is 12.3 Å². The molecule has 1 aromatic heterocycles. The second kappa shape index (κ2) is 11.6. The van der Waals surface area contributed by atoms with Crippen LogP contribution in [0.4, 0.5) is 0 Å². The van der Waals surface area contributed by atoms with Crippen LogP contribution in [0.25, 0.3) is 0 Å². The van der Waals surface area contributed by atoms with Gasteiger partial charge in [0.15, 0.2) is 0 Å². The van der Waals surface area contributed by atoms with Crippen LogP contribution in [0.15, 0.2) is 46.2 Å². The Balaban J connectivity index is 1.57. The van der Waals surface area contributed by atoms with E-state index < -0.39 is 0 Å². The third-order valence-corrected chi connectivity index (χ3v) is 7.96. The number of pyridine rings is 1. The molecule has 1 aliphatic carbocycles. The first-order valence-corrected chi connectivity index (χ1v) is 13.6. The first-order chi connectivity index (χ1) is 16.5. The van der Waals surface area contributed by atoms with E-state index in [-0.39, 0.29) is 23.3 Å². The highest BCUT2D eigenvalue weighted by Crippen LogP contribution is 2.36. The summed E-state index contributed by atoms with van der Waals surface area (Å²) in [5.41, 5.74) is 3.50. The van der Waals surface area contributed by atoms with Gasteiger partial charge in [-0.3, -0.25) is 9.59 Å². The van der Waals surface area contributed by atoms with Crippen molar-refractivity contribution in [2.45, 2.75) is 55.5 Å². The van der Waals surface area contributed by atoms with Crippen molar-refractivity contribution >= 4 is 17.7 Å². The van der Waals surface area contributed by atoms with Crippen LogP contribution < -0.4 is 10.9 Å². The highest BCUT2D eigenvalue weighted by Gasteiger charge is 2.40. The molecule has 2 aliphatic rings. The van der Waals surface area contributed by atoms with Crippen LogP contribution in [-0.4, -0.2) is 54.5 Å². The molecule has 1 N–H and O–H groups in total.